The summed E-state index contributed by atoms with van der Waals surface area (Å²) in [7, 11) is 0. The molecule has 1 saturated heterocycles. The Morgan fingerprint density at radius 3 is 1.51 bits per heavy atom. The van der Waals surface area contributed by atoms with Crippen LogP contribution in [0, 0.1) is 5.41 Å². The van der Waals surface area contributed by atoms with Gasteiger partial charge in [0, 0.05) is 13.1 Å². The molecule has 0 unspecified atom stereocenters. The van der Waals surface area contributed by atoms with E-state index in [1.54, 1.807) is 24.3 Å². The highest BCUT2D eigenvalue weighted by molar-refractivity contribution is 6.08. The van der Waals surface area contributed by atoms with Crippen LogP contribution in [0.15, 0.2) is 70.9 Å². The van der Waals surface area contributed by atoms with Gasteiger partial charge in [0.15, 0.2) is 0 Å². The number of alkyl halides is 6. The number of guanidine groups is 1. The van der Waals surface area contributed by atoms with E-state index in [1.165, 1.54) is 24.3 Å². The molecule has 0 spiro atoms. The van der Waals surface area contributed by atoms with Crippen LogP contribution in [0.1, 0.15) is 36.1 Å². The Balaban J connectivity index is 1.82. The molecule has 0 radical (unpaired) electrons. The summed E-state index contributed by atoms with van der Waals surface area (Å²) < 4.78 is 76.7. The van der Waals surface area contributed by atoms with E-state index in [-0.39, 0.29) is 5.41 Å². The fourth-order valence-electron chi connectivity index (χ4n) is 3.00. The lowest BCUT2D eigenvalue weighted by molar-refractivity contribution is -0.138. The van der Waals surface area contributed by atoms with Crippen molar-refractivity contribution in [2.45, 2.75) is 26.2 Å². The highest BCUT2D eigenvalue weighted by Crippen LogP contribution is 2.30. The third-order valence-electron chi connectivity index (χ3n) is 5.10. The summed E-state index contributed by atoms with van der Waals surface area (Å²) in [6.45, 7) is 5.54. The molecule has 186 valence electrons. The average molecular weight is 494 g/mol. The van der Waals surface area contributed by atoms with E-state index in [2.05, 4.69) is 34.7 Å². The Labute approximate surface area is 199 Å². The second-order valence-electron chi connectivity index (χ2n) is 8.75. The minimum absolute atomic E-state index is 0.0382. The van der Waals surface area contributed by atoms with Crippen molar-refractivity contribution >= 4 is 23.8 Å². The Morgan fingerprint density at radius 1 is 0.743 bits per heavy atom. The Hall–Kier alpha value is -3.56. The Bertz CT molecular complexity index is 1040. The third kappa shape index (κ3) is 8.01. The van der Waals surface area contributed by atoms with Gasteiger partial charge < -0.3 is 10.6 Å². The summed E-state index contributed by atoms with van der Waals surface area (Å²) >= 11 is 0. The minimum Gasteiger partial charge on any atom is -0.354 e. The molecule has 35 heavy (non-hydrogen) atoms. The van der Waals surface area contributed by atoms with Crippen molar-refractivity contribution in [3.05, 3.63) is 82.9 Å². The molecule has 1 heterocycles. The molecule has 2 aromatic carbocycles. The van der Waals surface area contributed by atoms with Gasteiger partial charge in [-0.3, -0.25) is 0 Å². The number of benzene rings is 2. The summed E-state index contributed by atoms with van der Waals surface area (Å²) in [6.07, 6.45) is -2.60. The van der Waals surface area contributed by atoms with Gasteiger partial charge in [0.1, 0.15) is 0 Å². The highest BCUT2D eigenvalue weighted by atomic mass is 19.4. The SMILES string of the molecule is CC1(C)CNC(=N/N=C(C=Cc2ccc(C(F)(F)F)cc2)\C=C/c2ccc(C(F)(F)F)cc2)NC1. The quantitative estimate of drug-likeness (QED) is 0.288. The molecular formula is C25H24F6N4. The molecule has 1 fully saturated rings. The third-order valence-corrected chi connectivity index (χ3v) is 5.10. The van der Waals surface area contributed by atoms with Gasteiger partial charge in [0.25, 0.3) is 0 Å². The molecule has 2 aromatic rings. The smallest absolute Gasteiger partial charge is 0.354 e. The summed E-state index contributed by atoms with van der Waals surface area (Å²) in [4.78, 5) is 0. The van der Waals surface area contributed by atoms with Crippen molar-refractivity contribution < 1.29 is 26.3 Å². The molecular weight excluding hydrogens is 470 g/mol. The van der Waals surface area contributed by atoms with E-state index in [4.69, 9.17) is 0 Å². The van der Waals surface area contributed by atoms with Crippen molar-refractivity contribution in [3.63, 3.8) is 0 Å². The van der Waals surface area contributed by atoms with Gasteiger partial charge in [0.2, 0.25) is 5.96 Å². The molecule has 1 aliphatic rings. The van der Waals surface area contributed by atoms with Gasteiger partial charge in [-0.1, -0.05) is 50.3 Å². The van der Waals surface area contributed by atoms with Crippen molar-refractivity contribution in [2.75, 3.05) is 13.1 Å². The number of hydrogen-bond acceptors (Lipinski definition) is 2. The van der Waals surface area contributed by atoms with Crippen molar-refractivity contribution in [2.24, 2.45) is 15.6 Å². The molecule has 10 heteroatoms. The molecule has 0 atom stereocenters. The van der Waals surface area contributed by atoms with Crippen LogP contribution in [0.25, 0.3) is 12.2 Å². The van der Waals surface area contributed by atoms with E-state index >= 15 is 0 Å². The molecule has 2 N–H and O–H groups in total. The largest absolute Gasteiger partial charge is 0.416 e. The zero-order valence-corrected chi connectivity index (χ0v) is 19.0. The number of halogens is 6. The van der Waals surface area contributed by atoms with E-state index in [1.807, 2.05) is 0 Å². The molecule has 3 rings (SSSR count). The van der Waals surface area contributed by atoms with Crippen molar-refractivity contribution in [1.29, 1.82) is 0 Å². The Morgan fingerprint density at radius 2 is 1.14 bits per heavy atom. The zero-order valence-electron chi connectivity index (χ0n) is 19.0. The summed E-state index contributed by atoms with van der Waals surface area (Å²) in [5, 5.41) is 14.6. The lowest BCUT2D eigenvalue weighted by Crippen LogP contribution is -2.53. The van der Waals surface area contributed by atoms with Crippen LogP contribution in [0.2, 0.25) is 0 Å². The highest BCUT2D eigenvalue weighted by Gasteiger charge is 2.30. The molecule has 1 aliphatic heterocycles. The second-order valence-corrected chi connectivity index (χ2v) is 8.75. The first-order valence-electron chi connectivity index (χ1n) is 10.7. The van der Waals surface area contributed by atoms with Gasteiger partial charge >= 0.3 is 12.4 Å². The topological polar surface area (TPSA) is 48.8 Å². The predicted molar refractivity (Wildman–Crippen MR) is 126 cm³/mol. The first kappa shape index (κ1) is 26.1. The van der Waals surface area contributed by atoms with Gasteiger partial charge in [-0.05, 0) is 53.0 Å². The molecule has 0 aliphatic carbocycles. The second kappa shape index (κ2) is 10.4. The number of nitrogens with one attached hydrogen (secondary N) is 2. The number of hydrogen-bond donors (Lipinski definition) is 2. The predicted octanol–water partition coefficient (Wildman–Crippen LogP) is 6.38. The maximum atomic E-state index is 12.8. The van der Waals surface area contributed by atoms with Gasteiger partial charge in [-0.2, -0.15) is 26.3 Å². The summed E-state index contributed by atoms with van der Waals surface area (Å²) in [5.74, 6) is 0.465. The van der Waals surface area contributed by atoms with E-state index < -0.39 is 23.5 Å². The number of nitrogens with zero attached hydrogens (tertiary/aromatic N) is 2. The fourth-order valence-corrected chi connectivity index (χ4v) is 3.00. The molecule has 0 aromatic heterocycles. The maximum absolute atomic E-state index is 12.8. The van der Waals surface area contributed by atoms with Crippen LogP contribution in [0.5, 0.6) is 0 Å². The van der Waals surface area contributed by atoms with Crippen LogP contribution in [0.3, 0.4) is 0 Å². The van der Waals surface area contributed by atoms with Crippen molar-refractivity contribution in [1.82, 2.24) is 10.6 Å². The average Bonchev–Trinajstić information content (AvgIpc) is 2.79. The summed E-state index contributed by atoms with van der Waals surface area (Å²) in [6, 6.07) is 9.23. The van der Waals surface area contributed by atoms with E-state index in [0.29, 0.717) is 35.9 Å². The van der Waals surface area contributed by atoms with Crippen LogP contribution < -0.4 is 10.6 Å². The van der Waals surface area contributed by atoms with Crippen LogP contribution in [-0.2, 0) is 12.4 Å². The molecule has 4 nitrogen and oxygen atoms in total. The van der Waals surface area contributed by atoms with Crippen LogP contribution >= 0.6 is 0 Å². The minimum atomic E-state index is -4.43. The van der Waals surface area contributed by atoms with E-state index in [9.17, 15) is 26.3 Å². The van der Waals surface area contributed by atoms with Crippen molar-refractivity contribution in [3.8, 4) is 0 Å². The molecule has 0 saturated carbocycles. The van der Waals surface area contributed by atoms with E-state index in [0.717, 1.165) is 24.3 Å². The lowest BCUT2D eigenvalue weighted by Gasteiger charge is -2.31. The van der Waals surface area contributed by atoms with Crippen LogP contribution in [-0.4, -0.2) is 24.8 Å². The standard InChI is InChI=1S/C25H24F6N4/c1-23(2)15-32-22(33-16-23)35-34-21(13-7-17-3-9-19(10-4-17)24(26,27)28)14-8-18-5-11-20(12-6-18)25(29,30)31/h3-14H,15-16H2,1-2H3,(H2,32,33,35)/b13-7-,14-8?,34-21+. The lowest BCUT2D eigenvalue weighted by atomic mass is 9.92. The normalized spacial score (nSPS) is 16.9. The Kier molecular flexibility index (Phi) is 7.72. The fraction of sp³-hybridized carbons (Fsp3) is 0.280. The monoisotopic (exact) mass is 494 g/mol. The number of rotatable bonds is 5. The zero-order chi connectivity index (χ0) is 25.7. The first-order valence-corrected chi connectivity index (χ1v) is 10.7. The van der Waals surface area contributed by atoms with Gasteiger partial charge in [-0.25, -0.2) is 0 Å². The van der Waals surface area contributed by atoms with Gasteiger partial charge in [0.05, 0.1) is 16.8 Å². The number of allylic oxidation sites excluding steroid dienone is 2. The first-order chi connectivity index (χ1) is 16.3. The maximum Gasteiger partial charge on any atom is 0.416 e. The summed E-state index contributed by atoms with van der Waals surface area (Å²) in [5.41, 5.74) is -0.111. The molecule has 0 amide bonds. The van der Waals surface area contributed by atoms with Gasteiger partial charge in [-0.15, -0.1) is 10.2 Å². The molecule has 0 bridgehead atoms. The van der Waals surface area contributed by atoms with Crippen LogP contribution in [0.4, 0.5) is 26.3 Å².